The van der Waals surface area contributed by atoms with Crippen molar-refractivity contribution in [2.24, 2.45) is 0 Å². The number of carbonyl (C=O) groups excluding carboxylic acids is 1. The van der Waals surface area contributed by atoms with E-state index in [1.807, 2.05) is 12.1 Å². The van der Waals surface area contributed by atoms with Crippen molar-refractivity contribution in [3.8, 4) is 22.2 Å². The number of hydrogen-bond donors (Lipinski definition) is 1. The molecule has 24 heavy (non-hydrogen) atoms. The molecule has 124 valence electrons. The lowest BCUT2D eigenvalue weighted by Gasteiger charge is -1.99. The highest BCUT2D eigenvalue weighted by atomic mass is 35.5. The third-order valence-electron chi connectivity index (χ3n) is 3.25. The molecule has 1 N–H and O–H groups in total. The highest BCUT2D eigenvalue weighted by Gasteiger charge is 2.15. The number of carbonyl (C=O) groups is 1. The van der Waals surface area contributed by atoms with Gasteiger partial charge in [-0.3, -0.25) is 4.79 Å². The molecule has 0 spiro atoms. The summed E-state index contributed by atoms with van der Waals surface area (Å²) >= 11 is 7.49. The van der Waals surface area contributed by atoms with Gasteiger partial charge in [-0.15, -0.1) is 11.3 Å². The number of hydrogen-bond acceptors (Lipinski definition) is 5. The Morgan fingerprint density at radius 1 is 1.38 bits per heavy atom. The van der Waals surface area contributed by atoms with Gasteiger partial charge in [0.2, 0.25) is 11.7 Å². The van der Waals surface area contributed by atoms with Crippen LogP contribution >= 0.6 is 22.9 Å². The van der Waals surface area contributed by atoms with Crippen molar-refractivity contribution in [1.82, 2.24) is 15.5 Å². The molecule has 2 heterocycles. The van der Waals surface area contributed by atoms with Crippen LogP contribution in [-0.4, -0.2) is 16.0 Å². The van der Waals surface area contributed by atoms with Gasteiger partial charge >= 0.3 is 0 Å². The van der Waals surface area contributed by atoms with E-state index in [0.717, 1.165) is 9.75 Å². The van der Waals surface area contributed by atoms with E-state index in [0.29, 0.717) is 29.4 Å². The lowest BCUT2D eigenvalue weighted by atomic mass is 10.2. The molecule has 0 aliphatic heterocycles. The average molecular weight is 366 g/mol. The summed E-state index contributed by atoms with van der Waals surface area (Å²) in [6.45, 7) is 2.26. The standard InChI is InChI=1S/C16H13ClFN3O2S/c1-2-14(22)19-8-10-4-6-13(24-10)15-20-16(23-21-15)11-7-9(18)3-5-12(11)17/h3-7H,2,8H2,1H3,(H,19,22). The van der Waals surface area contributed by atoms with Crippen LogP contribution in [0.25, 0.3) is 22.2 Å². The first-order valence-electron chi connectivity index (χ1n) is 7.21. The number of rotatable bonds is 5. The number of amides is 1. The first-order chi connectivity index (χ1) is 11.6. The highest BCUT2D eigenvalue weighted by molar-refractivity contribution is 7.15. The summed E-state index contributed by atoms with van der Waals surface area (Å²) in [5.41, 5.74) is 0.349. The topological polar surface area (TPSA) is 68.0 Å². The molecule has 0 fully saturated rings. The maximum absolute atomic E-state index is 13.4. The van der Waals surface area contributed by atoms with E-state index in [9.17, 15) is 9.18 Å². The Morgan fingerprint density at radius 3 is 3.00 bits per heavy atom. The molecule has 8 heteroatoms. The van der Waals surface area contributed by atoms with Crippen molar-refractivity contribution < 1.29 is 13.7 Å². The lowest BCUT2D eigenvalue weighted by Crippen LogP contribution is -2.20. The maximum atomic E-state index is 13.4. The number of nitrogens with one attached hydrogen (secondary N) is 1. The Hall–Kier alpha value is -2.25. The van der Waals surface area contributed by atoms with E-state index in [1.54, 1.807) is 6.92 Å². The molecule has 2 aromatic heterocycles. The molecule has 0 atom stereocenters. The van der Waals surface area contributed by atoms with E-state index < -0.39 is 5.82 Å². The lowest BCUT2D eigenvalue weighted by molar-refractivity contribution is -0.120. The summed E-state index contributed by atoms with van der Waals surface area (Å²) in [5.74, 6) is 0.110. The van der Waals surface area contributed by atoms with Gasteiger partial charge in [-0.1, -0.05) is 23.7 Å². The molecule has 3 rings (SSSR count). The third-order valence-corrected chi connectivity index (χ3v) is 4.66. The number of halogens is 2. The minimum Gasteiger partial charge on any atom is -0.351 e. The molecule has 0 saturated carbocycles. The van der Waals surface area contributed by atoms with Crippen LogP contribution in [0.15, 0.2) is 34.9 Å². The first kappa shape index (κ1) is 16.6. The van der Waals surface area contributed by atoms with E-state index in [1.165, 1.54) is 29.5 Å². The van der Waals surface area contributed by atoms with Crippen molar-refractivity contribution >= 4 is 28.8 Å². The molecule has 1 amide bonds. The number of benzene rings is 1. The van der Waals surface area contributed by atoms with Crippen LogP contribution in [0.4, 0.5) is 4.39 Å². The zero-order chi connectivity index (χ0) is 17.1. The van der Waals surface area contributed by atoms with Crippen LogP contribution in [0.5, 0.6) is 0 Å². The Labute approximate surface area is 146 Å². The van der Waals surface area contributed by atoms with Gasteiger partial charge in [0, 0.05) is 11.3 Å². The summed E-state index contributed by atoms with van der Waals surface area (Å²) in [7, 11) is 0. The fourth-order valence-electron chi connectivity index (χ4n) is 2.00. The second-order valence-electron chi connectivity index (χ2n) is 4.94. The average Bonchev–Trinajstić information content (AvgIpc) is 3.23. The van der Waals surface area contributed by atoms with Crippen molar-refractivity contribution in [1.29, 1.82) is 0 Å². The number of nitrogens with zero attached hydrogens (tertiary/aromatic N) is 2. The molecule has 0 aliphatic carbocycles. The van der Waals surface area contributed by atoms with Crippen LogP contribution < -0.4 is 5.32 Å². The Balaban J connectivity index is 1.80. The van der Waals surface area contributed by atoms with Gasteiger partial charge in [-0.25, -0.2) is 4.39 Å². The number of aromatic nitrogens is 2. The highest BCUT2D eigenvalue weighted by Crippen LogP contribution is 2.31. The predicted molar refractivity (Wildman–Crippen MR) is 90.2 cm³/mol. The molecule has 0 saturated heterocycles. The van der Waals surface area contributed by atoms with Gasteiger partial charge < -0.3 is 9.84 Å². The van der Waals surface area contributed by atoms with Crippen LogP contribution in [0.2, 0.25) is 5.02 Å². The van der Waals surface area contributed by atoms with Gasteiger partial charge in [-0.05, 0) is 30.3 Å². The molecule has 5 nitrogen and oxygen atoms in total. The smallest absolute Gasteiger partial charge is 0.259 e. The van der Waals surface area contributed by atoms with Crippen LogP contribution in [0, 0.1) is 5.82 Å². The molecule has 0 radical (unpaired) electrons. The largest absolute Gasteiger partial charge is 0.351 e. The Kier molecular flexibility index (Phi) is 4.92. The van der Waals surface area contributed by atoms with E-state index in [-0.39, 0.29) is 11.8 Å². The summed E-state index contributed by atoms with van der Waals surface area (Å²) in [6, 6.07) is 7.69. The van der Waals surface area contributed by atoms with Crippen LogP contribution in [-0.2, 0) is 11.3 Å². The summed E-state index contributed by atoms with van der Waals surface area (Å²) in [6.07, 6.45) is 0.445. The molecule has 1 aromatic carbocycles. The number of thiophene rings is 1. The maximum Gasteiger partial charge on any atom is 0.259 e. The quantitative estimate of drug-likeness (QED) is 0.732. The van der Waals surface area contributed by atoms with Gasteiger partial charge in [-0.2, -0.15) is 4.98 Å². The molecule has 3 aromatic rings. The summed E-state index contributed by atoms with van der Waals surface area (Å²) < 4.78 is 18.6. The monoisotopic (exact) mass is 365 g/mol. The van der Waals surface area contributed by atoms with Crippen molar-refractivity contribution in [2.75, 3.05) is 0 Å². The molecule has 0 bridgehead atoms. The summed E-state index contributed by atoms with van der Waals surface area (Å²) in [4.78, 5) is 17.3. The van der Waals surface area contributed by atoms with Gasteiger partial charge in [0.15, 0.2) is 0 Å². The van der Waals surface area contributed by atoms with E-state index >= 15 is 0 Å². The molecular weight excluding hydrogens is 353 g/mol. The van der Waals surface area contributed by atoms with Crippen molar-refractivity contribution in [2.45, 2.75) is 19.9 Å². The van der Waals surface area contributed by atoms with Crippen LogP contribution in [0.1, 0.15) is 18.2 Å². The van der Waals surface area contributed by atoms with Gasteiger partial charge in [0.05, 0.1) is 22.0 Å². The third kappa shape index (κ3) is 3.63. The SMILES string of the molecule is CCC(=O)NCc1ccc(-c2noc(-c3cc(F)ccc3Cl)n2)s1. The fraction of sp³-hybridized carbons (Fsp3) is 0.188. The van der Waals surface area contributed by atoms with Crippen molar-refractivity contribution in [3.05, 3.63) is 46.0 Å². The Morgan fingerprint density at radius 2 is 2.21 bits per heavy atom. The van der Waals surface area contributed by atoms with Gasteiger partial charge in [0.1, 0.15) is 5.82 Å². The zero-order valence-corrected chi connectivity index (χ0v) is 14.2. The first-order valence-corrected chi connectivity index (χ1v) is 8.41. The molecular formula is C16H13ClFN3O2S. The van der Waals surface area contributed by atoms with E-state index in [4.69, 9.17) is 16.1 Å². The van der Waals surface area contributed by atoms with Gasteiger partial charge in [0.25, 0.3) is 5.89 Å². The normalized spacial score (nSPS) is 10.8. The fourth-order valence-corrected chi connectivity index (χ4v) is 3.07. The minimum atomic E-state index is -0.431. The molecule has 0 unspecified atom stereocenters. The zero-order valence-electron chi connectivity index (χ0n) is 12.7. The second-order valence-corrected chi connectivity index (χ2v) is 6.52. The van der Waals surface area contributed by atoms with Crippen LogP contribution in [0.3, 0.4) is 0 Å². The minimum absolute atomic E-state index is 0.00690. The summed E-state index contributed by atoms with van der Waals surface area (Å²) in [5, 5.41) is 7.05. The van der Waals surface area contributed by atoms with E-state index in [2.05, 4.69) is 15.5 Å². The van der Waals surface area contributed by atoms with Crippen molar-refractivity contribution in [3.63, 3.8) is 0 Å². The predicted octanol–water partition coefficient (Wildman–Crippen LogP) is 4.28. The molecule has 0 aliphatic rings. The second kappa shape index (κ2) is 7.11. The Bertz CT molecular complexity index is 878.